The van der Waals surface area contributed by atoms with Crippen molar-refractivity contribution in [2.24, 2.45) is 0 Å². The summed E-state index contributed by atoms with van der Waals surface area (Å²) >= 11 is 0. The number of piperidine rings is 1. The number of hydrogen-bond donors (Lipinski definition) is 4. The van der Waals surface area contributed by atoms with Crippen LogP contribution >= 0.6 is 0 Å². The fourth-order valence-corrected chi connectivity index (χ4v) is 2.94. The van der Waals surface area contributed by atoms with Gasteiger partial charge < -0.3 is 20.4 Å². The number of aliphatic hydroxyl groups is 4. The van der Waals surface area contributed by atoms with Crippen LogP contribution in [-0.4, -0.2) is 68.1 Å². The zero-order valence-corrected chi connectivity index (χ0v) is 12.2. The van der Waals surface area contributed by atoms with Crippen LogP contribution in [0.1, 0.15) is 40.5 Å². The second-order valence-electron chi connectivity index (χ2n) is 6.59. The van der Waals surface area contributed by atoms with Gasteiger partial charge in [-0.05, 0) is 40.5 Å². The van der Waals surface area contributed by atoms with E-state index in [0.717, 1.165) is 0 Å². The highest BCUT2D eigenvalue weighted by atomic mass is 16.7. The van der Waals surface area contributed by atoms with Crippen LogP contribution in [0, 0.1) is 0 Å². The smallest absolute Gasteiger partial charge is 0.107 e. The first kappa shape index (κ1) is 16.8. The van der Waals surface area contributed by atoms with Gasteiger partial charge in [-0.25, -0.2) is 0 Å². The summed E-state index contributed by atoms with van der Waals surface area (Å²) in [5, 5.41) is 39.4. The molecule has 1 saturated heterocycles. The molecule has 6 nitrogen and oxygen atoms in total. The van der Waals surface area contributed by atoms with E-state index in [-0.39, 0.29) is 23.8 Å². The van der Waals surface area contributed by atoms with E-state index in [9.17, 15) is 15.3 Å². The van der Waals surface area contributed by atoms with Crippen LogP contribution in [0.5, 0.6) is 0 Å². The lowest BCUT2D eigenvalue weighted by atomic mass is 9.80. The van der Waals surface area contributed by atoms with Crippen molar-refractivity contribution < 1.29 is 25.3 Å². The zero-order chi connectivity index (χ0) is 14.8. The van der Waals surface area contributed by atoms with Gasteiger partial charge in [-0.2, -0.15) is 5.06 Å². The first-order chi connectivity index (χ1) is 8.60. The largest absolute Gasteiger partial charge is 0.394 e. The molecule has 1 rings (SSSR count). The Morgan fingerprint density at radius 3 is 2.00 bits per heavy atom. The number of aliphatic hydroxyl groups excluding tert-OH is 4. The van der Waals surface area contributed by atoms with Gasteiger partial charge in [-0.3, -0.25) is 4.84 Å². The van der Waals surface area contributed by atoms with Gasteiger partial charge >= 0.3 is 0 Å². The van der Waals surface area contributed by atoms with Crippen molar-refractivity contribution in [1.29, 1.82) is 0 Å². The molecule has 0 aromatic carbocycles. The van der Waals surface area contributed by atoms with E-state index >= 15 is 0 Å². The number of hydroxylamine groups is 2. The lowest BCUT2D eigenvalue weighted by Gasteiger charge is -2.52. The molecule has 0 spiro atoms. The summed E-state index contributed by atoms with van der Waals surface area (Å²) in [7, 11) is 0. The summed E-state index contributed by atoms with van der Waals surface area (Å²) < 4.78 is 0. The molecule has 2 atom stereocenters. The molecule has 6 heteroatoms. The van der Waals surface area contributed by atoms with Crippen molar-refractivity contribution in [3.05, 3.63) is 0 Å². The summed E-state index contributed by atoms with van der Waals surface area (Å²) in [6.07, 6.45) is -1.56. The quantitative estimate of drug-likeness (QED) is 0.549. The highest BCUT2D eigenvalue weighted by Gasteiger charge is 2.46. The van der Waals surface area contributed by atoms with E-state index in [1.807, 2.05) is 27.7 Å². The van der Waals surface area contributed by atoms with Gasteiger partial charge in [0.1, 0.15) is 12.2 Å². The Hall–Kier alpha value is -0.240. The van der Waals surface area contributed by atoms with Gasteiger partial charge in [-0.15, -0.1) is 0 Å². The van der Waals surface area contributed by atoms with Crippen LogP contribution in [0.3, 0.4) is 0 Å². The summed E-state index contributed by atoms with van der Waals surface area (Å²) in [6, 6.07) is 0. The molecule has 4 N–H and O–H groups in total. The maximum absolute atomic E-state index is 9.90. The van der Waals surface area contributed by atoms with Gasteiger partial charge in [0, 0.05) is 11.1 Å². The van der Waals surface area contributed by atoms with Crippen LogP contribution in [0.15, 0.2) is 0 Å². The summed E-state index contributed by atoms with van der Waals surface area (Å²) in [5.74, 6) is 0. The Kier molecular flexibility index (Phi) is 5.34. The maximum atomic E-state index is 9.90. The average molecular weight is 277 g/mol. The molecule has 0 unspecified atom stereocenters. The molecular formula is C13H27NO5. The molecule has 1 heterocycles. The van der Waals surface area contributed by atoms with Crippen LogP contribution in [0.2, 0.25) is 0 Å². The van der Waals surface area contributed by atoms with E-state index in [4.69, 9.17) is 9.94 Å². The van der Waals surface area contributed by atoms with E-state index in [2.05, 4.69) is 0 Å². The predicted molar refractivity (Wildman–Crippen MR) is 70.3 cm³/mol. The van der Waals surface area contributed by atoms with E-state index in [1.165, 1.54) is 0 Å². The lowest BCUT2D eigenvalue weighted by Crippen LogP contribution is -2.62. The predicted octanol–water partition coefficient (Wildman–Crippen LogP) is -0.354. The van der Waals surface area contributed by atoms with Gasteiger partial charge in [0.05, 0.1) is 19.3 Å². The van der Waals surface area contributed by atoms with E-state index in [0.29, 0.717) is 12.8 Å². The van der Waals surface area contributed by atoms with Gasteiger partial charge in [0.2, 0.25) is 0 Å². The minimum absolute atomic E-state index is 0.0926. The van der Waals surface area contributed by atoms with Gasteiger partial charge in [-0.1, -0.05) is 0 Å². The molecule has 19 heavy (non-hydrogen) atoms. The van der Waals surface area contributed by atoms with Crippen molar-refractivity contribution in [2.75, 3.05) is 13.2 Å². The van der Waals surface area contributed by atoms with Crippen LogP contribution < -0.4 is 0 Å². The first-order valence-electron chi connectivity index (χ1n) is 6.68. The number of rotatable bonds is 5. The number of nitrogens with zero attached hydrogens (tertiary/aromatic N) is 1. The lowest BCUT2D eigenvalue weighted by molar-refractivity contribution is -0.303. The van der Waals surface area contributed by atoms with Crippen molar-refractivity contribution in [1.82, 2.24) is 5.06 Å². The molecule has 0 bridgehead atoms. The SMILES string of the molecule is CC1(C)CC(O)CC(C)(C)N1OC[C@H](O)[C@H](O)CO. The molecule has 0 radical (unpaired) electrons. The Labute approximate surface area is 114 Å². The van der Waals surface area contributed by atoms with E-state index in [1.54, 1.807) is 5.06 Å². The molecule has 0 amide bonds. The fraction of sp³-hybridized carbons (Fsp3) is 1.00. The molecule has 1 aliphatic rings. The van der Waals surface area contributed by atoms with Crippen molar-refractivity contribution in [3.8, 4) is 0 Å². The maximum Gasteiger partial charge on any atom is 0.107 e. The minimum atomic E-state index is -1.21. The van der Waals surface area contributed by atoms with Gasteiger partial charge in [0.25, 0.3) is 0 Å². The van der Waals surface area contributed by atoms with Crippen molar-refractivity contribution >= 4 is 0 Å². The van der Waals surface area contributed by atoms with Crippen LogP contribution in [0.25, 0.3) is 0 Å². The molecule has 0 saturated carbocycles. The topological polar surface area (TPSA) is 93.4 Å². The van der Waals surface area contributed by atoms with Gasteiger partial charge in [0.15, 0.2) is 0 Å². The highest BCUT2D eigenvalue weighted by molar-refractivity contribution is 4.96. The Balaban J connectivity index is 2.68. The molecule has 1 fully saturated rings. The van der Waals surface area contributed by atoms with Crippen molar-refractivity contribution in [2.45, 2.75) is 69.9 Å². The molecule has 0 aromatic heterocycles. The molecule has 1 aliphatic heterocycles. The normalized spacial score (nSPS) is 27.2. The molecule has 0 aliphatic carbocycles. The third-order valence-corrected chi connectivity index (χ3v) is 3.58. The zero-order valence-electron chi connectivity index (χ0n) is 12.2. The van der Waals surface area contributed by atoms with Crippen LogP contribution in [-0.2, 0) is 4.84 Å². The standard InChI is InChI=1S/C13H27NO5/c1-12(2)5-9(16)6-13(3,4)14(12)19-8-11(18)10(17)7-15/h9-11,15-18H,5-8H2,1-4H3/t10-,11+/m1/s1. The average Bonchev–Trinajstić information content (AvgIpc) is 2.23. The Bertz CT molecular complexity index is 277. The fourth-order valence-electron chi connectivity index (χ4n) is 2.94. The third kappa shape index (κ3) is 4.11. The summed E-state index contributed by atoms with van der Waals surface area (Å²) in [4.78, 5) is 5.65. The highest BCUT2D eigenvalue weighted by Crippen LogP contribution is 2.38. The summed E-state index contributed by atoms with van der Waals surface area (Å²) in [5.41, 5.74) is -0.740. The molecule has 0 aromatic rings. The Morgan fingerprint density at radius 1 is 1.11 bits per heavy atom. The minimum Gasteiger partial charge on any atom is -0.394 e. The summed E-state index contributed by atoms with van der Waals surface area (Å²) in [6.45, 7) is 7.26. The van der Waals surface area contributed by atoms with Crippen LogP contribution in [0.4, 0.5) is 0 Å². The second-order valence-corrected chi connectivity index (χ2v) is 6.59. The Morgan fingerprint density at radius 2 is 1.58 bits per heavy atom. The number of hydrogen-bond acceptors (Lipinski definition) is 6. The first-order valence-corrected chi connectivity index (χ1v) is 6.68. The monoisotopic (exact) mass is 277 g/mol. The van der Waals surface area contributed by atoms with Crippen molar-refractivity contribution in [3.63, 3.8) is 0 Å². The molecule has 114 valence electrons. The molecular weight excluding hydrogens is 250 g/mol. The second kappa shape index (κ2) is 6.03. The van der Waals surface area contributed by atoms with E-state index < -0.39 is 18.8 Å². The third-order valence-electron chi connectivity index (χ3n) is 3.58.